The van der Waals surface area contributed by atoms with Crippen LogP contribution >= 0.6 is 15.9 Å². The van der Waals surface area contributed by atoms with Crippen LogP contribution in [0.2, 0.25) is 0 Å². The molecule has 0 bridgehead atoms. The van der Waals surface area contributed by atoms with Crippen molar-refractivity contribution in [3.05, 3.63) is 0 Å². The van der Waals surface area contributed by atoms with Gasteiger partial charge in [0.1, 0.15) is 0 Å². The quantitative estimate of drug-likeness (QED) is 0.742. The van der Waals surface area contributed by atoms with Gasteiger partial charge >= 0.3 is 0 Å². The second-order valence-electron chi connectivity index (χ2n) is 4.13. The second kappa shape index (κ2) is 4.99. The number of carbonyl (C=O) groups is 1. The lowest BCUT2D eigenvalue weighted by molar-refractivity contribution is -0.125. The summed E-state index contributed by atoms with van der Waals surface area (Å²) in [5.74, 6) is 1.65. The zero-order chi connectivity index (χ0) is 9.84. The van der Waals surface area contributed by atoms with Gasteiger partial charge in [-0.2, -0.15) is 0 Å². The third kappa shape index (κ3) is 3.67. The van der Waals surface area contributed by atoms with E-state index in [1.54, 1.807) is 0 Å². The van der Waals surface area contributed by atoms with Crippen molar-refractivity contribution in [3.8, 4) is 0 Å². The SMILES string of the molecule is CC(CBr)CNC(=O)C(C)C1CC1. The summed E-state index contributed by atoms with van der Waals surface area (Å²) < 4.78 is 0. The molecule has 2 unspecified atom stereocenters. The maximum absolute atomic E-state index is 11.5. The molecule has 0 aromatic rings. The highest BCUT2D eigenvalue weighted by Gasteiger charge is 2.32. The standard InChI is InChI=1S/C10H18BrNO/c1-7(5-11)6-12-10(13)8(2)9-3-4-9/h7-9H,3-6H2,1-2H3,(H,12,13). The van der Waals surface area contributed by atoms with Gasteiger partial charge in [0.2, 0.25) is 5.91 Å². The second-order valence-corrected chi connectivity index (χ2v) is 4.78. The number of carbonyl (C=O) groups excluding carboxylic acids is 1. The highest BCUT2D eigenvalue weighted by atomic mass is 79.9. The van der Waals surface area contributed by atoms with Crippen LogP contribution in [-0.2, 0) is 4.79 Å². The predicted molar refractivity (Wildman–Crippen MR) is 57.9 cm³/mol. The summed E-state index contributed by atoms with van der Waals surface area (Å²) in [7, 11) is 0. The van der Waals surface area contributed by atoms with Gasteiger partial charge in [-0.3, -0.25) is 4.79 Å². The van der Waals surface area contributed by atoms with E-state index in [2.05, 4.69) is 28.2 Å². The molecule has 1 amide bonds. The lowest BCUT2D eigenvalue weighted by atomic mass is 10.1. The lowest BCUT2D eigenvalue weighted by Crippen LogP contribution is -2.33. The fourth-order valence-electron chi connectivity index (χ4n) is 1.30. The highest BCUT2D eigenvalue weighted by Crippen LogP contribution is 2.36. The Kier molecular flexibility index (Phi) is 4.23. The minimum atomic E-state index is 0.225. The monoisotopic (exact) mass is 247 g/mol. The molecule has 0 heterocycles. The number of rotatable bonds is 5. The summed E-state index contributed by atoms with van der Waals surface area (Å²) in [5.41, 5.74) is 0. The summed E-state index contributed by atoms with van der Waals surface area (Å²) in [5, 5.41) is 3.94. The van der Waals surface area contributed by atoms with E-state index in [4.69, 9.17) is 0 Å². The highest BCUT2D eigenvalue weighted by molar-refractivity contribution is 9.09. The van der Waals surface area contributed by atoms with E-state index < -0.39 is 0 Å². The molecular formula is C10H18BrNO. The first-order valence-electron chi connectivity index (χ1n) is 4.98. The Balaban J connectivity index is 2.16. The first-order chi connectivity index (χ1) is 6.15. The van der Waals surface area contributed by atoms with Gasteiger partial charge in [0.05, 0.1) is 0 Å². The van der Waals surface area contributed by atoms with Gasteiger partial charge in [-0.25, -0.2) is 0 Å². The summed E-state index contributed by atoms with van der Waals surface area (Å²) in [4.78, 5) is 11.5. The van der Waals surface area contributed by atoms with Crippen LogP contribution in [0.15, 0.2) is 0 Å². The smallest absolute Gasteiger partial charge is 0.223 e. The number of hydrogen-bond donors (Lipinski definition) is 1. The molecule has 1 saturated carbocycles. The van der Waals surface area contributed by atoms with E-state index in [1.165, 1.54) is 12.8 Å². The van der Waals surface area contributed by atoms with Crippen molar-refractivity contribution in [2.75, 3.05) is 11.9 Å². The van der Waals surface area contributed by atoms with Gasteiger partial charge < -0.3 is 5.32 Å². The van der Waals surface area contributed by atoms with Crippen LogP contribution < -0.4 is 5.32 Å². The van der Waals surface area contributed by atoms with Gasteiger partial charge in [-0.05, 0) is 24.7 Å². The topological polar surface area (TPSA) is 29.1 Å². The van der Waals surface area contributed by atoms with Gasteiger partial charge in [-0.1, -0.05) is 29.8 Å². The Morgan fingerprint density at radius 3 is 2.62 bits per heavy atom. The van der Waals surface area contributed by atoms with Crippen molar-refractivity contribution >= 4 is 21.8 Å². The summed E-state index contributed by atoms with van der Waals surface area (Å²) in [6.07, 6.45) is 2.48. The Morgan fingerprint density at radius 1 is 1.54 bits per heavy atom. The number of amides is 1. The molecule has 0 radical (unpaired) electrons. The summed E-state index contributed by atoms with van der Waals surface area (Å²) >= 11 is 3.39. The zero-order valence-electron chi connectivity index (χ0n) is 8.35. The molecule has 3 heteroatoms. The third-order valence-corrected chi connectivity index (χ3v) is 3.74. The molecule has 1 aliphatic rings. The van der Waals surface area contributed by atoms with E-state index in [1.807, 2.05) is 6.92 Å². The Labute approximate surface area is 88.6 Å². The molecule has 0 spiro atoms. The average Bonchev–Trinajstić information content (AvgIpc) is 2.95. The normalized spacial score (nSPS) is 20.8. The van der Waals surface area contributed by atoms with E-state index in [-0.39, 0.29) is 11.8 Å². The van der Waals surface area contributed by atoms with Crippen LogP contribution in [-0.4, -0.2) is 17.8 Å². The van der Waals surface area contributed by atoms with Gasteiger partial charge in [0.15, 0.2) is 0 Å². The first kappa shape index (κ1) is 11.0. The summed E-state index contributed by atoms with van der Waals surface area (Å²) in [6.45, 7) is 4.95. The molecule has 1 aliphatic carbocycles. The van der Waals surface area contributed by atoms with Crippen LogP contribution in [0.5, 0.6) is 0 Å². The molecule has 13 heavy (non-hydrogen) atoms. The number of alkyl halides is 1. The van der Waals surface area contributed by atoms with Crippen LogP contribution in [0.1, 0.15) is 26.7 Å². The minimum Gasteiger partial charge on any atom is -0.356 e. The van der Waals surface area contributed by atoms with Crippen LogP contribution in [0, 0.1) is 17.8 Å². The van der Waals surface area contributed by atoms with Crippen molar-refractivity contribution in [1.29, 1.82) is 0 Å². The van der Waals surface area contributed by atoms with Gasteiger partial charge in [0, 0.05) is 17.8 Å². The van der Waals surface area contributed by atoms with Crippen molar-refractivity contribution in [3.63, 3.8) is 0 Å². The Bertz CT molecular complexity index is 180. The van der Waals surface area contributed by atoms with Gasteiger partial charge in [0.25, 0.3) is 0 Å². The summed E-state index contributed by atoms with van der Waals surface area (Å²) in [6, 6.07) is 0. The molecule has 2 atom stereocenters. The van der Waals surface area contributed by atoms with Crippen molar-refractivity contribution < 1.29 is 4.79 Å². The van der Waals surface area contributed by atoms with Crippen molar-refractivity contribution in [2.24, 2.45) is 17.8 Å². The first-order valence-corrected chi connectivity index (χ1v) is 6.11. The fraction of sp³-hybridized carbons (Fsp3) is 0.900. The minimum absolute atomic E-state index is 0.225. The molecule has 76 valence electrons. The predicted octanol–water partition coefficient (Wildman–Crippen LogP) is 2.18. The Morgan fingerprint density at radius 2 is 2.15 bits per heavy atom. The molecular weight excluding hydrogens is 230 g/mol. The lowest BCUT2D eigenvalue weighted by Gasteiger charge is -2.13. The fourth-order valence-corrected chi connectivity index (χ4v) is 1.53. The van der Waals surface area contributed by atoms with Crippen molar-refractivity contribution in [1.82, 2.24) is 5.32 Å². The maximum atomic E-state index is 11.5. The molecule has 0 aromatic heterocycles. The maximum Gasteiger partial charge on any atom is 0.223 e. The average molecular weight is 248 g/mol. The zero-order valence-corrected chi connectivity index (χ0v) is 9.93. The molecule has 0 saturated heterocycles. The molecule has 1 rings (SSSR count). The van der Waals surface area contributed by atoms with Crippen LogP contribution in [0.25, 0.3) is 0 Å². The largest absolute Gasteiger partial charge is 0.356 e. The molecule has 2 nitrogen and oxygen atoms in total. The van der Waals surface area contributed by atoms with E-state index in [9.17, 15) is 4.79 Å². The van der Waals surface area contributed by atoms with Gasteiger partial charge in [-0.15, -0.1) is 0 Å². The van der Waals surface area contributed by atoms with E-state index in [0.717, 1.165) is 11.9 Å². The van der Waals surface area contributed by atoms with E-state index >= 15 is 0 Å². The number of nitrogens with one attached hydrogen (secondary N) is 1. The van der Waals surface area contributed by atoms with E-state index in [0.29, 0.717) is 11.8 Å². The van der Waals surface area contributed by atoms with Crippen LogP contribution in [0.3, 0.4) is 0 Å². The van der Waals surface area contributed by atoms with Crippen LogP contribution in [0.4, 0.5) is 0 Å². The number of hydrogen-bond acceptors (Lipinski definition) is 1. The third-order valence-electron chi connectivity index (χ3n) is 2.63. The molecule has 0 aliphatic heterocycles. The Hall–Kier alpha value is -0.0500. The molecule has 0 aromatic carbocycles. The van der Waals surface area contributed by atoms with Crippen molar-refractivity contribution in [2.45, 2.75) is 26.7 Å². The molecule has 1 N–H and O–H groups in total. The number of halogens is 1. The molecule has 1 fully saturated rings.